The Morgan fingerprint density at radius 1 is 0.657 bits per heavy atom. The van der Waals surface area contributed by atoms with Crippen LogP contribution >= 0.6 is 0 Å². The molecule has 2 N–H and O–H groups in total. The first kappa shape index (κ1) is 39.0. The van der Waals surface area contributed by atoms with Gasteiger partial charge in [-0.2, -0.15) is 0 Å². The van der Waals surface area contributed by atoms with Crippen molar-refractivity contribution in [2.75, 3.05) is 13.1 Å². The zero-order valence-electron chi connectivity index (χ0n) is 21.0. The number of aliphatic carboxylic acids is 2. The van der Waals surface area contributed by atoms with Gasteiger partial charge in [-0.25, -0.2) is 26.3 Å². The molecule has 0 spiro atoms. The van der Waals surface area contributed by atoms with E-state index in [1.807, 2.05) is 0 Å². The second-order valence-corrected chi connectivity index (χ2v) is 10.9. The monoisotopic (exact) mass is 564 g/mol. The summed E-state index contributed by atoms with van der Waals surface area (Å²) in [6.45, 7) is 3.96. The molecule has 0 bridgehead atoms. The van der Waals surface area contributed by atoms with Crippen LogP contribution in [-0.2, 0) is 29.6 Å². The molecule has 0 aliphatic heterocycles. The van der Waals surface area contributed by atoms with Crippen LogP contribution in [0.25, 0.3) is 0 Å². The van der Waals surface area contributed by atoms with Crippen LogP contribution in [0.1, 0.15) is 90.9 Å². The summed E-state index contributed by atoms with van der Waals surface area (Å²) in [7, 11) is -6.98. The van der Waals surface area contributed by atoms with Crippen LogP contribution in [0.3, 0.4) is 0 Å². The minimum atomic E-state index is -3.49. The molecule has 0 unspecified atom stereocenters. The van der Waals surface area contributed by atoms with Gasteiger partial charge in [-0.05, 0) is 25.7 Å². The second kappa shape index (κ2) is 25.2. The molecule has 10 nitrogen and oxygen atoms in total. The topological polar surface area (TPSA) is 173 Å². The Morgan fingerprint density at radius 3 is 1.29 bits per heavy atom. The van der Waals surface area contributed by atoms with E-state index in [1.54, 1.807) is 12.2 Å². The zero-order valence-corrected chi connectivity index (χ0v) is 24.8. The number of carboxylic acids is 2. The number of carboxylic acid groups (broad SMARTS) is 2. The molecule has 0 aliphatic rings. The fourth-order valence-corrected chi connectivity index (χ4v) is 4.20. The van der Waals surface area contributed by atoms with Crippen molar-refractivity contribution < 1.29 is 36.6 Å². The first-order chi connectivity index (χ1) is 16.0. The molecule has 0 saturated carbocycles. The van der Waals surface area contributed by atoms with Crippen molar-refractivity contribution in [1.29, 1.82) is 0 Å². The van der Waals surface area contributed by atoms with Crippen LogP contribution < -0.4 is 19.7 Å². The van der Waals surface area contributed by atoms with Gasteiger partial charge in [0.15, 0.2) is 0 Å². The van der Waals surface area contributed by atoms with Gasteiger partial charge < -0.3 is 19.8 Å². The van der Waals surface area contributed by atoms with Gasteiger partial charge in [-0.3, -0.25) is 0 Å². The molecule has 200 valence electrons. The van der Waals surface area contributed by atoms with Gasteiger partial charge in [0.1, 0.15) is 0 Å². The van der Waals surface area contributed by atoms with Crippen molar-refractivity contribution in [1.82, 2.24) is 9.44 Å². The third kappa shape index (κ3) is 33.5. The summed E-state index contributed by atoms with van der Waals surface area (Å²) in [4.78, 5) is 20.2. The molecule has 0 aliphatic carbocycles. The number of hydrogen-bond acceptors (Lipinski definition) is 8. The maximum Gasteiger partial charge on any atom is 2.00 e. The zero-order chi connectivity index (χ0) is 26.3. The summed E-state index contributed by atoms with van der Waals surface area (Å²) in [5.74, 6) is -2.53. The van der Waals surface area contributed by atoms with Crippen LogP contribution in [0.5, 0.6) is 0 Å². The van der Waals surface area contributed by atoms with Crippen molar-refractivity contribution in [3.05, 3.63) is 23.0 Å². The Hall–Kier alpha value is -0.500. The molecule has 0 aromatic rings. The largest absolute Gasteiger partial charge is 2.00 e. The maximum atomic E-state index is 11.3. The van der Waals surface area contributed by atoms with Crippen LogP contribution in [0, 0.1) is 0 Å². The summed E-state index contributed by atoms with van der Waals surface area (Å²) in [6.07, 6.45) is 12.7. The third-order valence-corrected chi connectivity index (χ3v) is 6.58. The van der Waals surface area contributed by atoms with Gasteiger partial charge in [-0.15, -0.1) is 0 Å². The SMILES string of the molecule is CCCCCC/C=C/S(=O)(=O)NCCC(=O)[O-].CCCCCC/C=C/S(=O)(=O)NCCC(=O)[O-].[Ca+2]. The average molecular weight is 565 g/mol. The normalized spacial score (nSPS) is 11.7. The molecule has 0 radical (unpaired) electrons. The van der Waals surface area contributed by atoms with E-state index in [-0.39, 0.29) is 63.7 Å². The number of carbonyl (C=O) groups excluding carboxylic acids is 2. The Morgan fingerprint density at radius 2 is 1.00 bits per heavy atom. The third-order valence-electron chi connectivity index (χ3n) is 4.26. The number of carbonyl (C=O) groups is 2. The first-order valence-electron chi connectivity index (χ1n) is 11.7. The van der Waals surface area contributed by atoms with Crippen LogP contribution in [0.4, 0.5) is 0 Å². The molecule has 0 aromatic carbocycles. The Bertz CT molecular complexity index is 745. The molecule has 0 saturated heterocycles. The van der Waals surface area contributed by atoms with E-state index in [2.05, 4.69) is 23.3 Å². The number of rotatable bonds is 20. The molecule has 0 amide bonds. The molecule has 0 atom stereocenters. The number of sulfonamides is 2. The van der Waals surface area contributed by atoms with E-state index in [0.29, 0.717) is 0 Å². The number of hydrogen-bond donors (Lipinski definition) is 2. The molecule has 35 heavy (non-hydrogen) atoms. The number of nitrogens with one attached hydrogen (secondary N) is 2. The summed E-state index contributed by atoms with van der Waals surface area (Å²) in [5, 5.41) is 22.3. The summed E-state index contributed by atoms with van der Waals surface area (Å²) < 4.78 is 49.5. The Balaban J connectivity index is -0.000000569. The second-order valence-electron chi connectivity index (χ2n) is 7.56. The maximum absolute atomic E-state index is 11.3. The van der Waals surface area contributed by atoms with Gasteiger partial charge >= 0.3 is 37.7 Å². The molecule has 0 heterocycles. The predicted octanol–water partition coefficient (Wildman–Crippen LogP) is 0.679. The minimum absolute atomic E-state index is 0. The Kier molecular flexibility index (Phi) is 28.1. The van der Waals surface area contributed by atoms with E-state index in [1.165, 1.54) is 0 Å². The summed E-state index contributed by atoms with van der Waals surface area (Å²) in [5.41, 5.74) is 0. The van der Waals surface area contributed by atoms with Crippen LogP contribution in [0.15, 0.2) is 23.0 Å². The fraction of sp³-hybridized carbons (Fsp3) is 0.727. The smallest absolute Gasteiger partial charge is 0.550 e. The number of allylic oxidation sites excluding steroid dienone is 2. The molecule has 13 heteroatoms. The first-order valence-corrected chi connectivity index (χ1v) is 14.8. The van der Waals surface area contributed by atoms with E-state index in [0.717, 1.165) is 75.0 Å². The predicted molar refractivity (Wildman–Crippen MR) is 135 cm³/mol. The van der Waals surface area contributed by atoms with E-state index in [4.69, 9.17) is 0 Å². The van der Waals surface area contributed by atoms with Gasteiger partial charge in [0, 0.05) is 48.7 Å². The Labute approximate surface area is 241 Å². The van der Waals surface area contributed by atoms with Crippen LogP contribution in [-0.4, -0.2) is 79.6 Å². The fourth-order valence-electron chi connectivity index (χ4n) is 2.45. The minimum Gasteiger partial charge on any atom is -0.550 e. The van der Waals surface area contributed by atoms with Crippen molar-refractivity contribution in [3.8, 4) is 0 Å². The van der Waals surface area contributed by atoms with Crippen molar-refractivity contribution in [3.63, 3.8) is 0 Å². The molecular formula is C22H40CaN2O8S2. The molecule has 0 rings (SSSR count). The molecular weight excluding hydrogens is 524 g/mol. The summed E-state index contributed by atoms with van der Waals surface area (Å²) >= 11 is 0. The number of unbranched alkanes of at least 4 members (excludes halogenated alkanes) is 8. The quantitative estimate of drug-likeness (QED) is 0.160. The van der Waals surface area contributed by atoms with E-state index >= 15 is 0 Å². The molecule has 0 fully saturated rings. The molecule has 0 aromatic heterocycles. The van der Waals surface area contributed by atoms with Crippen molar-refractivity contribution >= 4 is 69.7 Å². The van der Waals surface area contributed by atoms with Crippen molar-refractivity contribution in [2.45, 2.75) is 90.9 Å². The van der Waals surface area contributed by atoms with Crippen molar-refractivity contribution in [2.24, 2.45) is 0 Å². The van der Waals surface area contributed by atoms with Gasteiger partial charge in [0.2, 0.25) is 20.0 Å². The van der Waals surface area contributed by atoms with Gasteiger partial charge in [0.25, 0.3) is 0 Å². The summed E-state index contributed by atoms with van der Waals surface area (Å²) in [6, 6.07) is 0. The standard InChI is InChI=1S/2C11H21NO4S.Ca/c2*1-2-3-4-5-6-7-10-17(15,16)12-9-8-11(13)14;/h2*7,10,12H,2-6,8-9H2,1H3,(H,13,14);/q;;+2/p-2/b2*10-7+;. The van der Waals surface area contributed by atoms with E-state index < -0.39 is 32.0 Å². The van der Waals surface area contributed by atoms with E-state index in [9.17, 15) is 36.6 Å². The average Bonchev–Trinajstić information content (AvgIpc) is 2.72. The van der Waals surface area contributed by atoms with Crippen LogP contribution in [0.2, 0.25) is 0 Å². The van der Waals surface area contributed by atoms with Gasteiger partial charge in [-0.1, -0.05) is 64.5 Å². The van der Waals surface area contributed by atoms with Gasteiger partial charge in [0.05, 0.1) is 0 Å².